The molecule has 0 aromatic carbocycles. The second-order valence-electron chi connectivity index (χ2n) is 12.1. The van der Waals surface area contributed by atoms with Crippen molar-refractivity contribution in [2.75, 3.05) is 12.3 Å². The van der Waals surface area contributed by atoms with E-state index in [9.17, 15) is 0 Å². The van der Waals surface area contributed by atoms with Crippen LogP contribution in [0.15, 0.2) is 18.6 Å². The summed E-state index contributed by atoms with van der Waals surface area (Å²) >= 11 is 0. The van der Waals surface area contributed by atoms with Gasteiger partial charge in [0.2, 0.25) is 0 Å². The zero-order valence-corrected chi connectivity index (χ0v) is 23.5. The number of nitrogen functional groups attached to an aromatic ring is 1. The predicted octanol–water partition coefficient (Wildman–Crippen LogP) is 5.71. The van der Waals surface area contributed by atoms with Crippen molar-refractivity contribution in [3.05, 3.63) is 18.6 Å². The van der Waals surface area contributed by atoms with Crippen LogP contribution in [0.2, 0.25) is 36.3 Å². The quantitative estimate of drug-likeness (QED) is 0.535. The van der Waals surface area contributed by atoms with E-state index in [1.807, 2.05) is 12.3 Å². The van der Waals surface area contributed by atoms with E-state index in [0.717, 1.165) is 17.5 Å². The van der Waals surface area contributed by atoms with Crippen LogP contribution < -0.4 is 5.73 Å². The molecule has 0 unspecified atom stereocenters. The molecule has 1 aliphatic heterocycles. The van der Waals surface area contributed by atoms with Gasteiger partial charge in [0.05, 0.1) is 18.1 Å². The van der Waals surface area contributed by atoms with Crippen molar-refractivity contribution in [3.8, 4) is 0 Å². The maximum absolute atomic E-state index is 6.87. The van der Waals surface area contributed by atoms with Gasteiger partial charge in [-0.2, -0.15) is 0 Å². The Kier molecular flexibility index (Phi) is 6.74. The number of fused-ring (bicyclic) bond motifs is 1. The Morgan fingerprint density at radius 3 is 2.28 bits per heavy atom. The number of hydrogen-bond acceptors (Lipinski definition) is 6. The molecule has 180 valence electrons. The molecule has 0 bridgehead atoms. The predicted molar refractivity (Wildman–Crippen MR) is 136 cm³/mol. The largest absolute Gasteiger partial charge is 0.414 e. The molecule has 0 amide bonds. The van der Waals surface area contributed by atoms with Crippen molar-refractivity contribution in [1.29, 1.82) is 0 Å². The van der Waals surface area contributed by atoms with Gasteiger partial charge in [-0.25, -0.2) is 9.97 Å². The van der Waals surface area contributed by atoms with Crippen LogP contribution in [0.5, 0.6) is 0 Å². The van der Waals surface area contributed by atoms with Crippen LogP contribution in [-0.4, -0.2) is 50.0 Å². The summed E-state index contributed by atoms with van der Waals surface area (Å²) in [4.78, 5) is 8.57. The van der Waals surface area contributed by atoms with Crippen LogP contribution in [0.1, 0.15) is 54.2 Å². The first-order valence-corrected chi connectivity index (χ1v) is 17.4. The molecule has 2 N–H and O–H groups in total. The first-order valence-electron chi connectivity index (χ1n) is 11.6. The van der Waals surface area contributed by atoms with Crippen LogP contribution in [0, 0.1) is 0 Å². The number of anilines is 1. The molecule has 2 aromatic heterocycles. The zero-order chi connectivity index (χ0) is 24.1. The summed E-state index contributed by atoms with van der Waals surface area (Å²) < 4.78 is 22.1. The van der Waals surface area contributed by atoms with Gasteiger partial charge in [-0.05, 0) is 42.3 Å². The monoisotopic (exact) mass is 478 g/mol. The number of rotatable bonds is 6. The minimum Gasteiger partial charge on any atom is -0.414 e. The molecule has 0 radical (unpaired) electrons. The van der Waals surface area contributed by atoms with Crippen molar-refractivity contribution in [2.45, 2.75) is 103 Å². The molecule has 0 saturated carbocycles. The van der Waals surface area contributed by atoms with Gasteiger partial charge < -0.3 is 23.9 Å². The number of aromatic nitrogens is 3. The maximum Gasteiger partial charge on any atom is 0.192 e. The van der Waals surface area contributed by atoms with E-state index in [4.69, 9.17) is 19.3 Å². The van der Waals surface area contributed by atoms with Gasteiger partial charge in [-0.1, -0.05) is 41.5 Å². The fourth-order valence-corrected chi connectivity index (χ4v) is 5.80. The summed E-state index contributed by atoms with van der Waals surface area (Å²) in [5.41, 5.74) is 6.84. The van der Waals surface area contributed by atoms with E-state index in [1.54, 1.807) is 0 Å². The summed E-state index contributed by atoms with van der Waals surface area (Å²) in [6.07, 6.45) is 3.92. The van der Waals surface area contributed by atoms with Crippen LogP contribution in [0.25, 0.3) is 11.0 Å². The average Bonchev–Trinajstić information content (AvgIpc) is 3.22. The third-order valence-corrected chi connectivity index (χ3v) is 16.7. The van der Waals surface area contributed by atoms with Crippen LogP contribution in [0.3, 0.4) is 0 Å². The normalized spacial score (nSPS) is 23.2. The van der Waals surface area contributed by atoms with E-state index in [-0.39, 0.29) is 28.5 Å². The van der Waals surface area contributed by atoms with Crippen molar-refractivity contribution in [2.24, 2.45) is 0 Å². The first-order chi connectivity index (χ1) is 14.5. The Labute approximate surface area is 195 Å². The topological polar surface area (TPSA) is 84.4 Å². The van der Waals surface area contributed by atoms with Crippen molar-refractivity contribution in [3.63, 3.8) is 0 Å². The maximum atomic E-state index is 6.87. The molecule has 0 spiro atoms. The number of nitrogens with zero attached hydrogens (tertiary/aromatic N) is 3. The van der Waals surface area contributed by atoms with Gasteiger partial charge in [-0.15, -0.1) is 0 Å². The van der Waals surface area contributed by atoms with Crippen molar-refractivity contribution in [1.82, 2.24) is 14.5 Å². The summed E-state index contributed by atoms with van der Waals surface area (Å²) in [6.45, 7) is 23.3. The Hall–Kier alpha value is -1.27. The van der Waals surface area contributed by atoms with E-state index in [0.29, 0.717) is 12.4 Å². The molecular weight excluding hydrogens is 436 g/mol. The fraction of sp³-hybridized carbons (Fsp3) is 0.739. The minimum absolute atomic E-state index is 0.0257. The highest BCUT2D eigenvalue weighted by Crippen LogP contribution is 2.43. The van der Waals surface area contributed by atoms with Crippen LogP contribution >= 0.6 is 0 Å². The Balaban J connectivity index is 1.87. The second-order valence-corrected chi connectivity index (χ2v) is 21.6. The van der Waals surface area contributed by atoms with Crippen LogP contribution in [-0.2, 0) is 13.6 Å². The van der Waals surface area contributed by atoms with Crippen LogP contribution in [0.4, 0.5) is 5.82 Å². The number of ether oxygens (including phenoxy) is 1. The molecular formula is C23H42N4O3Si2. The summed E-state index contributed by atoms with van der Waals surface area (Å²) in [7, 11) is -3.88. The highest BCUT2D eigenvalue weighted by molar-refractivity contribution is 6.74. The lowest BCUT2D eigenvalue weighted by Gasteiger charge is -2.40. The molecule has 3 rings (SSSR count). The zero-order valence-electron chi connectivity index (χ0n) is 21.5. The lowest BCUT2D eigenvalue weighted by Crippen LogP contribution is -2.48. The highest BCUT2D eigenvalue weighted by Gasteiger charge is 2.46. The molecule has 2 aromatic rings. The lowest BCUT2D eigenvalue weighted by atomic mass is 10.2. The van der Waals surface area contributed by atoms with E-state index in [2.05, 4.69) is 82.3 Å². The smallest absolute Gasteiger partial charge is 0.192 e. The molecule has 32 heavy (non-hydrogen) atoms. The van der Waals surface area contributed by atoms with Gasteiger partial charge in [0.15, 0.2) is 16.6 Å². The molecule has 1 aliphatic rings. The molecule has 3 heterocycles. The summed E-state index contributed by atoms with van der Waals surface area (Å²) in [6, 6.07) is 1.96. The third-order valence-electron chi connectivity index (χ3n) is 7.70. The SMILES string of the molecule is CC(C)(C)[Si](C)(C)OC[C@H]1O[C@@H](n2ccc3c(N)ncnc32)C[C@@H]1O[Si](C)(C)C(C)(C)C. The molecule has 1 fully saturated rings. The minimum atomic E-state index is -1.98. The number of nitrogens with two attached hydrogens (primary N) is 1. The molecule has 0 aliphatic carbocycles. The summed E-state index contributed by atoms with van der Waals surface area (Å²) in [5, 5.41) is 1.11. The summed E-state index contributed by atoms with van der Waals surface area (Å²) in [5.74, 6) is 0.485. The van der Waals surface area contributed by atoms with Gasteiger partial charge in [0, 0.05) is 12.6 Å². The second kappa shape index (κ2) is 8.50. The van der Waals surface area contributed by atoms with Gasteiger partial charge in [0.25, 0.3) is 0 Å². The molecule has 7 nitrogen and oxygen atoms in total. The third kappa shape index (κ3) is 4.96. The van der Waals surface area contributed by atoms with Gasteiger partial charge in [0.1, 0.15) is 30.1 Å². The van der Waals surface area contributed by atoms with Crippen molar-refractivity contribution >= 4 is 33.5 Å². The molecule has 3 atom stereocenters. The fourth-order valence-electron chi connectivity index (χ4n) is 3.43. The van der Waals surface area contributed by atoms with E-state index >= 15 is 0 Å². The Bertz CT molecular complexity index is 947. The molecule has 9 heteroatoms. The van der Waals surface area contributed by atoms with E-state index < -0.39 is 16.6 Å². The first kappa shape index (κ1) is 25.4. The number of hydrogen-bond donors (Lipinski definition) is 1. The average molecular weight is 479 g/mol. The molecule has 1 saturated heterocycles. The Morgan fingerprint density at radius 2 is 1.69 bits per heavy atom. The lowest BCUT2D eigenvalue weighted by molar-refractivity contribution is -0.0382. The van der Waals surface area contributed by atoms with E-state index in [1.165, 1.54) is 6.33 Å². The highest BCUT2D eigenvalue weighted by atomic mass is 28.4. The van der Waals surface area contributed by atoms with Gasteiger partial charge >= 0.3 is 0 Å². The Morgan fingerprint density at radius 1 is 1.06 bits per heavy atom. The van der Waals surface area contributed by atoms with Crippen molar-refractivity contribution < 1.29 is 13.6 Å². The standard InChI is InChI=1S/C23H42N4O3Si2/c1-22(2,3)31(7,8)28-14-18-17(30-32(9,10)23(4,5)6)13-19(29-18)27-12-11-16-20(24)25-15-26-21(16)27/h11-12,15,17-19H,13-14H2,1-10H3,(H2,24,25,26)/t17-,18+,19+/m0/s1. The van der Waals surface area contributed by atoms with Gasteiger partial charge in [-0.3, -0.25) is 0 Å².